The molecule has 0 bridgehead atoms. The lowest BCUT2D eigenvalue weighted by atomic mass is 10.0. The summed E-state index contributed by atoms with van der Waals surface area (Å²) in [4.78, 5) is 34.5. The van der Waals surface area contributed by atoms with Crippen LogP contribution >= 0.6 is 0 Å². The fourth-order valence-corrected chi connectivity index (χ4v) is 3.38. The zero-order valence-corrected chi connectivity index (χ0v) is 14.0. The van der Waals surface area contributed by atoms with Crippen LogP contribution in [0.3, 0.4) is 0 Å². The number of hydrogen-bond donors (Lipinski definition) is 1. The van der Waals surface area contributed by atoms with Crippen LogP contribution in [-0.2, 0) is 16.1 Å². The summed E-state index contributed by atoms with van der Waals surface area (Å²) in [7, 11) is 1.36. The number of aromatic amines is 1. The van der Waals surface area contributed by atoms with Crippen molar-refractivity contribution >= 4 is 12.0 Å². The van der Waals surface area contributed by atoms with E-state index in [1.54, 1.807) is 4.90 Å². The normalized spacial score (nSPS) is 22.5. The van der Waals surface area contributed by atoms with Crippen molar-refractivity contribution in [2.75, 3.05) is 39.8 Å². The lowest BCUT2D eigenvalue weighted by molar-refractivity contribution is -0.139. The minimum atomic E-state index is -0.406. The molecule has 3 rings (SSSR count). The number of piperidine rings is 1. The number of methoxy groups -OCH3 is 1. The lowest BCUT2D eigenvalue weighted by Crippen LogP contribution is -2.57. The lowest BCUT2D eigenvalue weighted by Gasteiger charge is -2.40. The Balaban J connectivity index is 1.54. The fourth-order valence-electron chi connectivity index (χ4n) is 3.38. The maximum atomic E-state index is 12.8. The number of rotatable bonds is 3. The average molecular weight is 336 g/mol. The first kappa shape index (κ1) is 16.7. The molecule has 2 fully saturated rings. The van der Waals surface area contributed by atoms with Crippen molar-refractivity contribution in [1.82, 2.24) is 29.9 Å². The number of nitrogens with one attached hydrogen (secondary N) is 1. The first-order valence-corrected chi connectivity index (χ1v) is 8.39. The maximum Gasteiger partial charge on any atom is 0.410 e. The molecule has 1 atom stereocenters. The molecule has 132 valence electrons. The van der Waals surface area contributed by atoms with E-state index in [1.165, 1.54) is 13.4 Å². The van der Waals surface area contributed by atoms with Gasteiger partial charge in [0.15, 0.2) is 0 Å². The summed E-state index contributed by atoms with van der Waals surface area (Å²) in [6.07, 6.45) is 3.70. The van der Waals surface area contributed by atoms with Crippen molar-refractivity contribution in [2.45, 2.75) is 31.8 Å². The molecule has 2 aliphatic rings. The maximum absolute atomic E-state index is 12.8. The van der Waals surface area contributed by atoms with Crippen molar-refractivity contribution in [3.8, 4) is 0 Å². The Morgan fingerprint density at radius 2 is 2.04 bits per heavy atom. The molecule has 2 saturated heterocycles. The van der Waals surface area contributed by atoms with Crippen LogP contribution in [0.4, 0.5) is 4.79 Å². The number of aromatic nitrogens is 3. The predicted octanol–water partition coefficient (Wildman–Crippen LogP) is 0.0698. The number of carbonyl (C=O) groups is 2. The van der Waals surface area contributed by atoms with Gasteiger partial charge in [0.25, 0.3) is 0 Å². The van der Waals surface area contributed by atoms with E-state index in [1.807, 2.05) is 4.90 Å². The van der Waals surface area contributed by atoms with E-state index in [2.05, 4.69) is 20.1 Å². The van der Waals surface area contributed by atoms with Gasteiger partial charge in [-0.2, -0.15) is 5.10 Å². The second-order valence-corrected chi connectivity index (χ2v) is 6.21. The molecule has 1 N–H and O–H groups in total. The van der Waals surface area contributed by atoms with Crippen molar-refractivity contribution in [3.63, 3.8) is 0 Å². The molecule has 0 spiro atoms. The highest BCUT2D eigenvalue weighted by atomic mass is 16.5. The Morgan fingerprint density at radius 1 is 1.25 bits per heavy atom. The van der Waals surface area contributed by atoms with Crippen LogP contribution in [0.1, 0.15) is 25.1 Å². The summed E-state index contributed by atoms with van der Waals surface area (Å²) in [5, 5.41) is 6.70. The van der Waals surface area contributed by atoms with Crippen LogP contribution in [0.5, 0.6) is 0 Å². The van der Waals surface area contributed by atoms with Gasteiger partial charge in [0, 0.05) is 32.7 Å². The zero-order valence-electron chi connectivity index (χ0n) is 14.0. The molecule has 0 radical (unpaired) electrons. The number of nitrogens with zero attached hydrogens (tertiary/aromatic N) is 5. The van der Waals surface area contributed by atoms with Crippen LogP contribution in [0.2, 0.25) is 0 Å². The third-order valence-corrected chi connectivity index (χ3v) is 4.72. The smallest absolute Gasteiger partial charge is 0.410 e. The molecule has 2 amide bonds. The predicted molar refractivity (Wildman–Crippen MR) is 85.0 cm³/mol. The monoisotopic (exact) mass is 336 g/mol. The Hall–Kier alpha value is -2.16. The first-order chi connectivity index (χ1) is 11.7. The minimum absolute atomic E-state index is 0.0411. The van der Waals surface area contributed by atoms with Gasteiger partial charge in [0.2, 0.25) is 5.91 Å². The SMILES string of the molecule is COC(=O)N1CCCC[C@H]1C(=O)N1CCN(Cc2ncn[nH]2)CC1. The van der Waals surface area contributed by atoms with Gasteiger partial charge in [-0.1, -0.05) is 0 Å². The molecule has 0 unspecified atom stereocenters. The molecular formula is C15H24N6O3. The molecule has 9 nitrogen and oxygen atoms in total. The Labute approximate surface area is 140 Å². The molecule has 0 aromatic carbocycles. The van der Waals surface area contributed by atoms with Crippen molar-refractivity contribution in [1.29, 1.82) is 0 Å². The number of H-pyrrole nitrogens is 1. The zero-order chi connectivity index (χ0) is 16.9. The van der Waals surface area contributed by atoms with E-state index in [4.69, 9.17) is 4.74 Å². The third-order valence-electron chi connectivity index (χ3n) is 4.72. The quantitative estimate of drug-likeness (QED) is 0.839. The number of hydrogen-bond acceptors (Lipinski definition) is 6. The number of piperazine rings is 1. The molecule has 1 aromatic heterocycles. The van der Waals surface area contributed by atoms with Gasteiger partial charge in [0.1, 0.15) is 18.2 Å². The van der Waals surface area contributed by atoms with Crippen LogP contribution < -0.4 is 0 Å². The Bertz CT molecular complexity index is 556. The molecular weight excluding hydrogens is 312 g/mol. The first-order valence-electron chi connectivity index (χ1n) is 8.39. The second kappa shape index (κ2) is 7.61. The average Bonchev–Trinajstić information content (AvgIpc) is 3.14. The highest BCUT2D eigenvalue weighted by molar-refractivity contribution is 5.86. The summed E-state index contributed by atoms with van der Waals surface area (Å²) in [5.74, 6) is 0.873. The molecule has 24 heavy (non-hydrogen) atoms. The van der Waals surface area contributed by atoms with Crippen LogP contribution in [-0.4, -0.2) is 87.8 Å². The van der Waals surface area contributed by atoms with Gasteiger partial charge in [-0.15, -0.1) is 0 Å². The molecule has 0 saturated carbocycles. The molecule has 2 aliphatic heterocycles. The van der Waals surface area contributed by atoms with E-state index in [0.717, 1.165) is 31.8 Å². The summed E-state index contributed by atoms with van der Waals surface area (Å²) in [6, 6.07) is -0.382. The van der Waals surface area contributed by atoms with Crippen LogP contribution in [0, 0.1) is 0 Å². The number of carbonyl (C=O) groups excluding carboxylic acids is 2. The van der Waals surface area contributed by atoms with Crippen molar-refractivity contribution < 1.29 is 14.3 Å². The molecule has 0 aliphatic carbocycles. The van der Waals surface area contributed by atoms with Gasteiger partial charge in [-0.05, 0) is 19.3 Å². The standard InChI is InChI=1S/C15H24N6O3/c1-24-15(23)21-5-3-2-4-12(21)14(22)20-8-6-19(7-9-20)10-13-16-11-17-18-13/h11-12H,2-10H2,1H3,(H,16,17,18)/t12-/m0/s1. The topological polar surface area (TPSA) is 94.7 Å². The summed E-state index contributed by atoms with van der Waals surface area (Å²) in [5.41, 5.74) is 0. The third kappa shape index (κ3) is 3.66. The summed E-state index contributed by atoms with van der Waals surface area (Å²) >= 11 is 0. The molecule has 3 heterocycles. The van der Waals surface area contributed by atoms with E-state index >= 15 is 0 Å². The van der Waals surface area contributed by atoms with Crippen molar-refractivity contribution in [2.24, 2.45) is 0 Å². The summed E-state index contributed by atoms with van der Waals surface area (Å²) < 4.78 is 4.82. The van der Waals surface area contributed by atoms with Crippen molar-refractivity contribution in [3.05, 3.63) is 12.2 Å². The van der Waals surface area contributed by atoms with Gasteiger partial charge < -0.3 is 9.64 Å². The minimum Gasteiger partial charge on any atom is -0.453 e. The van der Waals surface area contributed by atoms with Gasteiger partial charge in [0.05, 0.1) is 13.7 Å². The largest absolute Gasteiger partial charge is 0.453 e. The second-order valence-electron chi connectivity index (χ2n) is 6.21. The number of likely N-dealkylation sites (tertiary alicyclic amines) is 1. The van der Waals surface area contributed by atoms with E-state index in [9.17, 15) is 9.59 Å². The van der Waals surface area contributed by atoms with E-state index in [0.29, 0.717) is 32.6 Å². The van der Waals surface area contributed by atoms with Gasteiger partial charge in [-0.3, -0.25) is 19.7 Å². The fraction of sp³-hybridized carbons (Fsp3) is 0.733. The summed E-state index contributed by atoms with van der Waals surface area (Å²) in [6.45, 7) is 4.21. The number of amides is 2. The number of ether oxygens (including phenoxy) is 1. The Kier molecular flexibility index (Phi) is 5.29. The van der Waals surface area contributed by atoms with Gasteiger partial charge >= 0.3 is 6.09 Å². The van der Waals surface area contributed by atoms with Crippen LogP contribution in [0.25, 0.3) is 0 Å². The molecule has 1 aromatic rings. The van der Waals surface area contributed by atoms with Crippen LogP contribution in [0.15, 0.2) is 6.33 Å². The van der Waals surface area contributed by atoms with Gasteiger partial charge in [-0.25, -0.2) is 9.78 Å². The van der Waals surface area contributed by atoms with E-state index < -0.39 is 6.09 Å². The Morgan fingerprint density at radius 3 is 2.71 bits per heavy atom. The molecule has 9 heteroatoms. The highest BCUT2D eigenvalue weighted by Gasteiger charge is 2.36. The highest BCUT2D eigenvalue weighted by Crippen LogP contribution is 2.20. The van der Waals surface area contributed by atoms with E-state index in [-0.39, 0.29) is 11.9 Å².